The molecule has 1 heterocycles. The van der Waals surface area contributed by atoms with Crippen LogP contribution in [0.1, 0.15) is 10.4 Å². The highest BCUT2D eigenvalue weighted by molar-refractivity contribution is 5.95. The van der Waals surface area contributed by atoms with E-state index >= 15 is 0 Å². The number of piperazine rings is 1. The number of benzene rings is 1. The highest BCUT2D eigenvalue weighted by Crippen LogP contribution is 2.18. The van der Waals surface area contributed by atoms with Crippen molar-refractivity contribution in [2.75, 3.05) is 46.0 Å². The molecule has 116 valence electrons. The zero-order chi connectivity index (χ0) is 15.6. The molecule has 0 aromatic heterocycles. The summed E-state index contributed by atoms with van der Waals surface area (Å²) in [6, 6.07) is 2.21. The number of nitrogens with zero attached hydrogens (tertiary/aromatic N) is 2. The van der Waals surface area contributed by atoms with E-state index in [4.69, 9.17) is 5.73 Å². The summed E-state index contributed by atoms with van der Waals surface area (Å²) < 4.78 is 27.4. The number of nitrogens with one attached hydrogen (secondary N) is 1. The first-order valence-corrected chi connectivity index (χ1v) is 6.80. The van der Waals surface area contributed by atoms with Crippen LogP contribution < -0.4 is 11.1 Å². The highest BCUT2D eigenvalue weighted by Gasteiger charge is 2.24. The SMILES string of the molecule is CN1CCN(C)C(CNC(=O)c2c(F)ccc(N)c2F)C1. The number of anilines is 1. The molecule has 1 aliphatic heterocycles. The second-order valence-corrected chi connectivity index (χ2v) is 5.43. The van der Waals surface area contributed by atoms with Gasteiger partial charge in [-0.1, -0.05) is 0 Å². The molecule has 21 heavy (non-hydrogen) atoms. The molecule has 5 nitrogen and oxygen atoms in total. The standard InChI is InChI=1S/C14H20F2N4O/c1-19-5-6-20(2)9(8-19)7-18-14(21)12-10(15)3-4-11(17)13(12)16/h3-4,9H,5-8,17H2,1-2H3,(H,18,21). The number of amides is 1. The number of nitrogens with two attached hydrogens (primary N) is 1. The summed E-state index contributed by atoms with van der Waals surface area (Å²) in [4.78, 5) is 16.3. The van der Waals surface area contributed by atoms with Gasteiger partial charge in [-0.3, -0.25) is 9.69 Å². The van der Waals surface area contributed by atoms with Crippen molar-refractivity contribution in [2.24, 2.45) is 0 Å². The van der Waals surface area contributed by atoms with Gasteiger partial charge in [-0.25, -0.2) is 8.78 Å². The van der Waals surface area contributed by atoms with Crippen molar-refractivity contribution in [1.82, 2.24) is 15.1 Å². The van der Waals surface area contributed by atoms with Gasteiger partial charge in [0.2, 0.25) is 0 Å². The number of likely N-dealkylation sites (N-methyl/N-ethyl adjacent to an activating group) is 2. The van der Waals surface area contributed by atoms with Gasteiger partial charge in [0.15, 0.2) is 5.82 Å². The average molecular weight is 298 g/mol. The zero-order valence-corrected chi connectivity index (χ0v) is 12.2. The van der Waals surface area contributed by atoms with E-state index in [1.54, 1.807) is 0 Å². The molecule has 7 heteroatoms. The maximum absolute atomic E-state index is 13.8. The molecule has 1 aliphatic rings. The Balaban J connectivity index is 2.04. The Labute approximate surface area is 122 Å². The second kappa shape index (κ2) is 6.36. The number of halogens is 2. The number of carbonyl (C=O) groups excluding carboxylic acids is 1. The average Bonchev–Trinajstić information content (AvgIpc) is 2.44. The van der Waals surface area contributed by atoms with E-state index in [1.807, 2.05) is 14.1 Å². The molecule has 0 bridgehead atoms. The summed E-state index contributed by atoms with van der Waals surface area (Å²) in [5.41, 5.74) is 4.51. The van der Waals surface area contributed by atoms with E-state index in [-0.39, 0.29) is 11.7 Å². The van der Waals surface area contributed by atoms with Crippen molar-refractivity contribution in [3.63, 3.8) is 0 Å². The molecule has 1 atom stereocenters. The first kappa shape index (κ1) is 15.7. The van der Waals surface area contributed by atoms with Gasteiger partial charge in [0.25, 0.3) is 5.91 Å². The Morgan fingerprint density at radius 1 is 1.38 bits per heavy atom. The minimum atomic E-state index is -1.01. The van der Waals surface area contributed by atoms with E-state index in [0.29, 0.717) is 6.54 Å². The fraction of sp³-hybridized carbons (Fsp3) is 0.500. The van der Waals surface area contributed by atoms with Crippen LogP contribution in [0.4, 0.5) is 14.5 Å². The molecule has 2 rings (SSSR count). The molecular formula is C14H20F2N4O. The molecule has 3 N–H and O–H groups in total. The van der Waals surface area contributed by atoms with Crippen LogP contribution in [0.15, 0.2) is 12.1 Å². The van der Waals surface area contributed by atoms with Crippen molar-refractivity contribution in [2.45, 2.75) is 6.04 Å². The predicted octanol–water partition coefficient (Wildman–Crippen LogP) is 0.523. The first-order chi connectivity index (χ1) is 9.90. The maximum atomic E-state index is 13.8. The van der Waals surface area contributed by atoms with Crippen molar-refractivity contribution in [1.29, 1.82) is 0 Å². The second-order valence-electron chi connectivity index (χ2n) is 5.43. The van der Waals surface area contributed by atoms with Crippen molar-refractivity contribution in [3.05, 3.63) is 29.3 Å². The summed E-state index contributed by atoms with van der Waals surface area (Å²) in [7, 11) is 3.96. The smallest absolute Gasteiger partial charge is 0.257 e. The molecule has 0 saturated carbocycles. The quantitative estimate of drug-likeness (QED) is 0.799. The fourth-order valence-corrected chi connectivity index (χ4v) is 2.40. The van der Waals surface area contributed by atoms with Crippen LogP contribution in [0.3, 0.4) is 0 Å². The summed E-state index contributed by atoms with van der Waals surface area (Å²) in [6.07, 6.45) is 0. The maximum Gasteiger partial charge on any atom is 0.257 e. The Morgan fingerprint density at radius 2 is 2.10 bits per heavy atom. The third-order valence-electron chi connectivity index (χ3n) is 3.83. The van der Waals surface area contributed by atoms with Gasteiger partial charge in [-0.05, 0) is 26.2 Å². The van der Waals surface area contributed by atoms with E-state index in [2.05, 4.69) is 15.1 Å². The van der Waals surface area contributed by atoms with Gasteiger partial charge in [0, 0.05) is 32.2 Å². The lowest BCUT2D eigenvalue weighted by Crippen LogP contribution is -2.54. The lowest BCUT2D eigenvalue weighted by atomic mass is 10.1. The molecule has 0 spiro atoms. The fourth-order valence-electron chi connectivity index (χ4n) is 2.40. The summed E-state index contributed by atoms with van der Waals surface area (Å²) >= 11 is 0. The number of carbonyl (C=O) groups is 1. The van der Waals surface area contributed by atoms with Crippen LogP contribution in [0, 0.1) is 11.6 Å². The lowest BCUT2D eigenvalue weighted by Gasteiger charge is -2.37. The predicted molar refractivity (Wildman–Crippen MR) is 77.0 cm³/mol. The van der Waals surface area contributed by atoms with Gasteiger partial charge in [-0.2, -0.15) is 0 Å². The van der Waals surface area contributed by atoms with Crippen LogP contribution >= 0.6 is 0 Å². The van der Waals surface area contributed by atoms with E-state index in [1.165, 1.54) is 0 Å². The van der Waals surface area contributed by atoms with E-state index in [0.717, 1.165) is 31.8 Å². The third-order valence-corrected chi connectivity index (χ3v) is 3.83. The number of nitrogen functional groups attached to an aromatic ring is 1. The molecular weight excluding hydrogens is 278 g/mol. The normalized spacial score (nSPS) is 20.5. The van der Waals surface area contributed by atoms with Crippen LogP contribution in [0.25, 0.3) is 0 Å². The Morgan fingerprint density at radius 3 is 2.81 bits per heavy atom. The first-order valence-electron chi connectivity index (χ1n) is 6.80. The van der Waals surface area contributed by atoms with Gasteiger partial charge in [0.05, 0.1) is 5.69 Å². The zero-order valence-electron chi connectivity index (χ0n) is 12.2. The number of hydrogen-bond donors (Lipinski definition) is 2. The summed E-state index contributed by atoms with van der Waals surface area (Å²) in [5, 5.41) is 2.59. The molecule has 1 saturated heterocycles. The van der Waals surface area contributed by atoms with Crippen LogP contribution in [-0.2, 0) is 0 Å². The van der Waals surface area contributed by atoms with Crippen molar-refractivity contribution in [3.8, 4) is 0 Å². The van der Waals surface area contributed by atoms with Gasteiger partial charge in [0.1, 0.15) is 11.4 Å². The number of rotatable bonds is 3. The Kier molecular flexibility index (Phi) is 4.74. The molecule has 1 aromatic rings. The Bertz CT molecular complexity index is 538. The topological polar surface area (TPSA) is 61.6 Å². The van der Waals surface area contributed by atoms with Crippen LogP contribution in [0.2, 0.25) is 0 Å². The van der Waals surface area contributed by atoms with Gasteiger partial charge in [-0.15, -0.1) is 0 Å². The van der Waals surface area contributed by atoms with Crippen molar-refractivity contribution < 1.29 is 13.6 Å². The molecule has 1 fully saturated rings. The molecule has 1 amide bonds. The summed E-state index contributed by atoms with van der Waals surface area (Å²) in [5.74, 6) is -2.70. The van der Waals surface area contributed by atoms with Gasteiger partial charge >= 0.3 is 0 Å². The lowest BCUT2D eigenvalue weighted by molar-refractivity contribution is 0.0874. The van der Waals surface area contributed by atoms with E-state index in [9.17, 15) is 13.6 Å². The molecule has 0 radical (unpaired) electrons. The monoisotopic (exact) mass is 298 g/mol. The molecule has 1 aromatic carbocycles. The molecule has 1 unspecified atom stereocenters. The minimum Gasteiger partial charge on any atom is -0.396 e. The summed E-state index contributed by atoms with van der Waals surface area (Å²) in [6.45, 7) is 2.96. The largest absolute Gasteiger partial charge is 0.396 e. The highest BCUT2D eigenvalue weighted by atomic mass is 19.1. The van der Waals surface area contributed by atoms with Crippen molar-refractivity contribution >= 4 is 11.6 Å². The number of hydrogen-bond acceptors (Lipinski definition) is 4. The van der Waals surface area contributed by atoms with Gasteiger partial charge < -0.3 is 16.0 Å². The Hall–Kier alpha value is -1.73. The van der Waals surface area contributed by atoms with E-state index < -0.39 is 23.1 Å². The minimum absolute atomic E-state index is 0.111. The van der Waals surface area contributed by atoms with Crippen LogP contribution in [-0.4, -0.2) is 62.0 Å². The molecule has 0 aliphatic carbocycles. The third kappa shape index (κ3) is 3.48. The van der Waals surface area contributed by atoms with Crippen LogP contribution in [0.5, 0.6) is 0 Å².